The van der Waals surface area contributed by atoms with Crippen molar-refractivity contribution in [1.82, 2.24) is 0 Å². The number of halogens is 2. The van der Waals surface area contributed by atoms with E-state index in [2.05, 4.69) is 229 Å². The summed E-state index contributed by atoms with van der Waals surface area (Å²) >= 11 is 7.22. The highest BCUT2D eigenvalue weighted by atomic mass is 79.9. The van der Waals surface area contributed by atoms with E-state index in [1.54, 1.807) is 0 Å². The molecule has 5 aromatic rings. The van der Waals surface area contributed by atoms with Crippen LogP contribution in [-0.4, -0.2) is 8.07 Å². The van der Waals surface area contributed by atoms with Crippen molar-refractivity contribution in [2.24, 2.45) is 5.92 Å². The van der Waals surface area contributed by atoms with Crippen molar-refractivity contribution in [2.45, 2.75) is 70.5 Å². The number of hydrogen-bond donors (Lipinski definition) is 0. The van der Waals surface area contributed by atoms with Gasteiger partial charge in [0.05, 0.1) is 0 Å². The fourth-order valence-corrected chi connectivity index (χ4v) is 13.7. The molecule has 1 aliphatic rings. The summed E-state index contributed by atoms with van der Waals surface area (Å²) in [7, 11) is -1.86. The van der Waals surface area contributed by atoms with Crippen LogP contribution in [0.4, 0.5) is 17.1 Å². The van der Waals surface area contributed by atoms with E-state index in [0.29, 0.717) is 28.5 Å². The minimum Gasteiger partial charge on any atom is -0.311 e. The smallest absolute Gasteiger partial charge is 0.146 e. The van der Waals surface area contributed by atoms with Crippen molar-refractivity contribution in [3.8, 4) is 11.5 Å². The Morgan fingerprint density at radius 3 is 1.67 bits per heavy atom. The van der Waals surface area contributed by atoms with Gasteiger partial charge in [-0.25, -0.2) is 0 Å². The first-order valence-corrected chi connectivity index (χ1v) is 22.0. The van der Waals surface area contributed by atoms with Gasteiger partial charge in [0.25, 0.3) is 0 Å². The first-order valence-electron chi connectivity index (χ1n) is 18.1. The van der Waals surface area contributed by atoms with Crippen molar-refractivity contribution >= 4 is 68.6 Å². The van der Waals surface area contributed by atoms with Crippen LogP contribution in [0.5, 0.6) is 0 Å². The zero-order valence-electron chi connectivity index (χ0n) is 30.5. The van der Waals surface area contributed by atoms with Gasteiger partial charge in [-0.15, -0.1) is 11.3 Å². The Kier molecular flexibility index (Phi) is 11.8. The van der Waals surface area contributed by atoms with E-state index in [1.807, 2.05) is 0 Å². The van der Waals surface area contributed by atoms with Crippen LogP contribution >= 0.6 is 31.9 Å². The average Bonchev–Trinajstić information content (AvgIpc) is 3.92. The molecule has 0 radical (unpaired) electrons. The molecule has 5 aromatic carbocycles. The lowest BCUT2D eigenvalue weighted by Crippen LogP contribution is -2.43. The van der Waals surface area contributed by atoms with Crippen molar-refractivity contribution < 1.29 is 0 Å². The molecule has 1 fully saturated rings. The van der Waals surface area contributed by atoms with Gasteiger partial charge in [-0.2, -0.15) is 0 Å². The number of anilines is 3. The van der Waals surface area contributed by atoms with Crippen molar-refractivity contribution in [2.75, 3.05) is 4.90 Å². The molecule has 0 unspecified atom stereocenters. The molecule has 1 aliphatic carbocycles. The lowest BCUT2D eigenvalue weighted by molar-refractivity contribution is 0.838. The van der Waals surface area contributed by atoms with Crippen molar-refractivity contribution in [3.63, 3.8) is 0 Å². The fraction of sp³-hybridized carbons (Fsp3) is 0.255. The van der Waals surface area contributed by atoms with Gasteiger partial charge >= 0.3 is 0 Å². The topological polar surface area (TPSA) is 3.24 Å². The minimum atomic E-state index is -1.86. The second kappa shape index (κ2) is 16.2. The standard InChI is InChI=1S/C47H47Br2NSi/c1-33(2)51(34(3)4,35(5)6)31-30-37-13-11-10-12-36(37)18-29-45(47-32-46(47)38-14-8-7-9-15-38)39-16-23-42(24-17-39)50(43-25-19-40(48)20-26-43)44-27-21-41(49)22-28-44/h7-28,33-35,46-47H,32H2,1-6H3/t29?,46-,47-/m1/s1. The van der Waals surface area contributed by atoms with Gasteiger partial charge in [0.15, 0.2) is 0 Å². The molecule has 1 nitrogen and oxygen atoms in total. The predicted octanol–water partition coefficient (Wildman–Crippen LogP) is 14.8. The van der Waals surface area contributed by atoms with Gasteiger partial charge in [0.2, 0.25) is 0 Å². The summed E-state index contributed by atoms with van der Waals surface area (Å²) in [5.74, 6) is 4.62. The maximum atomic E-state index is 3.95. The summed E-state index contributed by atoms with van der Waals surface area (Å²) in [5.41, 5.74) is 19.0. The molecule has 0 heterocycles. The summed E-state index contributed by atoms with van der Waals surface area (Å²) in [5, 5.41) is 0. The Labute approximate surface area is 323 Å². The van der Waals surface area contributed by atoms with Gasteiger partial charge < -0.3 is 4.90 Å². The van der Waals surface area contributed by atoms with Crippen LogP contribution in [0.25, 0.3) is 11.6 Å². The van der Waals surface area contributed by atoms with Gasteiger partial charge in [0.1, 0.15) is 8.07 Å². The Morgan fingerprint density at radius 1 is 0.647 bits per heavy atom. The highest BCUT2D eigenvalue weighted by Crippen LogP contribution is 2.54. The lowest BCUT2D eigenvalue weighted by atomic mass is 9.97. The maximum absolute atomic E-state index is 3.95. The highest BCUT2D eigenvalue weighted by molar-refractivity contribution is 9.10. The molecule has 0 N–H and O–H groups in total. The van der Waals surface area contributed by atoms with E-state index in [0.717, 1.165) is 43.6 Å². The minimum absolute atomic E-state index is 0.407. The van der Waals surface area contributed by atoms with Crippen LogP contribution in [0.2, 0.25) is 16.6 Å². The summed E-state index contributed by atoms with van der Waals surface area (Å²) in [4.78, 5) is 2.30. The van der Waals surface area contributed by atoms with Crippen LogP contribution in [0.15, 0.2) is 142 Å². The molecule has 0 aromatic heterocycles. The monoisotopic (exact) mass is 811 g/mol. The third-order valence-electron chi connectivity index (χ3n) is 10.6. The van der Waals surface area contributed by atoms with E-state index >= 15 is 0 Å². The van der Waals surface area contributed by atoms with Gasteiger partial charge in [-0.3, -0.25) is 0 Å². The number of rotatable bonds is 10. The summed E-state index contributed by atoms with van der Waals surface area (Å²) < 4.78 is 2.12. The molecule has 51 heavy (non-hydrogen) atoms. The molecule has 0 amide bonds. The molecule has 6 rings (SSSR count). The van der Waals surface area contributed by atoms with Gasteiger partial charge in [-0.1, -0.05) is 140 Å². The quantitative estimate of drug-likeness (QED) is 0.0771. The second-order valence-electron chi connectivity index (χ2n) is 14.6. The van der Waals surface area contributed by atoms with E-state index in [9.17, 15) is 0 Å². The highest BCUT2D eigenvalue weighted by Gasteiger charge is 2.42. The molecule has 0 bridgehead atoms. The molecule has 4 heteroatoms. The number of nitrogens with zero attached hydrogens (tertiary/aromatic N) is 1. The number of allylic oxidation sites excluding steroid dienone is 1. The van der Waals surface area contributed by atoms with E-state index < -0.39 is 8.07 Å². The maximum Gasteiger partial charge on any atom is 0.146 e. The van der Waals surface area contributed by atoms with Crippen LogP contribution in [-0.2, 0) is 0 Å². The van der Waals surface area contributed by atoms with Gasteiger partial charge in [0, 0.05) is 37.1 Å². The molecule has 2 atom stereocenters. The largest absolute Gasteiger partial charge is 0.311 e. The van der Waals surface area contributed by atoms with E-state index in [1.165, 1.54) is 16.7 Å². The molecular weight excluding hydrogens is 766 g/mol. The second-order valence-corrected chi connectivity index (χ2v) is 22.0. The van der Waals surface area contributed by atoms with Crippen molar-refractivity contribution in [1.29, 1.82) is 0 Å². The molecule has 0 aliphatic heterocycles. The SMILES string of the molecule is CC(C)[Si](C#Cc1ccccc1C=C=C(c1ccc(N(c2ccc(Br)cc2)c2ccc(Br)cc2)cc1)[C@H]1C[C@@H]1c1ccccc1)(C(C)C)C(C)C. The summed E-state index contributed by atoms with van der Waals surface area (Å²) in [6.45, 7) is 14.3. The number of benzene rings is 5. The number of hydrogen-bond acceptors (Lipinski definition) is 1. The zero-order chi connectivity index (χ0) is 36.1. The Bertz CT molecular complexity index is 1990. The lowest BCUT2D eigenvalue weighted by Gasteiger charge is -2.38. The third-order valence-corrected chi connectivity index (χ3v) is 18.0. The van der Waals surface area contributed by atoms with E-state index in [-0.39, 0.29) is 0 Å². The van der Waals surface area contributed by atoms with Crippen LogP contribution in [0.1, 0.15) is 76.1 Å². The Balaban J connectivity index is 1.42. The zero-order valence-corrected chi connectivity index (χ0v) is 34.7. The van der Waals surface area contributed by atoms with Crippen LogP contribution < -0.4 is 4.90 Å². The molecule has 1 saturated carbocycles. The Morgan fingerprint density at radius 2 is 1.14 bits per heavy atom. The molecule has 258 valence electrons. The van der Waals surface area contributed by atoms with Crippen LogP contribution in [0.3, 0.4) is 0 Å². The van der Waals surface area contributed by atoms with Crippen molar-refractivity contribution in [3.05, 3.63) is 164 Å². The summed E-state index contributed by atoms with van der Waals surface area (Å²) in [6.07, 6.45) is 3.31. The normalized spacial score (nSPS) is 15.3. The molecular formula is C47H47Br2NSi. The van der Waals surface area contributed by atoms with E-state index in [4.69, 9.17) is 0 Å². The molecule has 0 saturated heterocycles. The first-order chi connectivity index (χ1) is 24.6. The fourth-order valence-electron chi connectivity index (χ4n) is 7.91. The van der Waals surface area contributed by atoms with Crippen LogP contribution in [0, 0.1) is 17.4 Å². The van der Waals surface area contributed by atoms with Gasteiger partial charge in [-0.05, 0) is 124 Å². The average molecular weight is 814 g/mol. The first kappa shape index (κ1) is 36.9. The Hall–Kier alpha value is -3.84. The third kappa shape index (κ3) is 8.30. The molecule has 0 spiro atoms. The predicted molar refractivity (Wildman–Crippen MR) is 230 cm³/mol. The summed E-state index contributed by atoms with van der Waals surface area (Å²) in [6, 6.07) is 45.6.